The maximum Gasteiger partial charge on any atom is 0.0981 e. The van der Waals surface area contributed by atoms with E-state index >= 15 is 0 Å². The van der Waals surface area contributed by atoms with Gasteiger partial charge in [-0.1, -0.05) is 26.3 Å². The molecule has 12 heavy (non-hydrogen) atoms. The number of hydrogen-bond donors (Lipinski definition) is 1. The predicted molar refractivity (Wildman–Crippen MR) is 51.7 cm³/mol. The van der Waals surface area contributed by atoms with E-state index in [0.29, 0.717) is 12.5 Å². The summed E-state index contributed by atoms with van der Waals surface area (Å²) in [4.78, 5) is 0. The van der Waals surface area contributed by atoms with E-state index in [4.69, 9.17) is 5.26 Å². The van der Waals surface area contributed by atoms with E-state index in [-0.39, 0.29) is 6.04 Å². The largest absolute Gasteiger partial charge is 0.298 e. The molecule has 0 aliphatic heterocycles. The van der Waals surface area contributed by atoms with E-state index in [2.05, 4.69) is 31.8 Å². The van der Waals surface area contributed by atoms with Crippen LogP contribution in [0.4, 0.5) is 0 Å². The molecule has 0 heterocycles. The number of rotatable bonds is 6. The highest BCUT2D eigenvalue weighted by Gasteiger charge is 2.13. The minimum absolute atomic E-state index is 0.0250. The molecule has 0 aliphatic rings. The van der Waals surface area contributed by atoms with Crippen LogP contribution in [0.3, 0.4) is 0 Å². The lowest BCUT2D eigenvalue weighted by molar-refractivity contribution is 0.426. The van der Waals surface area contributed by atoms with Gasteiger partial charge in [-0.25, -0.2) is 0 Å². The fraction of sp³-hybridized carbons (Fsp3) is 0.700. The Morgan fingerprint density at radius 3 is 2.75 bits per heavy atom. The molecule has 0 rings (SSSR count). The molecule has 0 aliphatic carbocycles. The van der Waals surface area contributed by atoms with Crippen LogP contribution in [0.5, 0.6) is 0 Å². The standard InChI is InChI=1S/C10H18N2/c1-4-6-9(3)10(8-11)12-7-5-2/h5,9-10,12H,2,4,6-7H2,1,3H3. The predicted octanol–water partition coefficient (Wildman–Crippen LogP) is 2.09. The summed E-state index contributed by atoms with van der Waals surface area (Å²) in [6.45, 7) is 8.56. The first-order valence-electron chi connectivity index (χ1n) is 4.50. The fourth-order valence-corrected chi connectivity index (χ4v) is 1.21. The molecule has 2 heteroatoms. The van der Waals surface area contributed by atoms with Crippen LogP contribution in [0, 0.1) is 17.2 Å². The molecule has 0 bridgehead atoms. The summed E-state index contributed by atoms with van der Waals surface area (Å²) < 4.78 is 0. The first kappa shape index (κ1) is 11.2. The minimum atomic E-state index is -0.0250. The van der Waals surface area contributed by atoms with Gasteiger partial charge in [0.05, 0.1) is 12.1 Å². The molecule has 0 amide bonds. The van der Waals surface area contributed by atoms with Crippen molar-refractivity contribution in [2.45, 2.75) is 32.7 Å². The van der Waals surface area contributed by atoms with E-state index in [1.807, 2.05) is 0 Å². The van der Waals surface area contributed by atoms with Gasteiger partial charge in [-0.3, -0.25) is 5.32 Å². The topological polar surface area (TPSA) is 35.8 Å². The van der Waals surface area contributed by atoms with Gasteiger partial charge in [0, 0.05) is 6.54 Å². The van der Waals surface area contributed by atoms with Crippen LogP contribution in [-0.2, 0) is 0 Å². The Bertz CT molecular complexity index is 158. The van der Waals surface area contributed by atoms with Crippen molar-refractivity contribution >= 4 is 0 Å². The van der Waals surface area contributed by atoms with E-state index < -0.39 is 0 Å². The zero-order valence-corrected chi connectivity index (χ0v) is 8.01. The van der Waals surface area contributed by atoms with Crippen LogP contribution in [0.25, 0.3) is 0 Å². The fourth-order valence-electron chi connectivity index (χ4n) is 1.21. The lowest BCUT2D eigenvalue weighted by Gasteiger charge is -2.17. The molecule has 0 aromatic heterocycles. The van der Waals surface area contributed by atoms with Crippen LogP contribution in [-0.4, -0.2) is 12.6 Å². The van der Waals surface area contributed by atoms with E-state index in [1.165, 1.54) is 0 Å². The molecule has 2 unspecified atom stereocenters. The number of nitrogens with one attached hydrogen (secondary N) is 1. The van der Waals surface area contributed by atoms with E-state index in [1.54, 1.807) is 6.08 Å². The lowest BCUT2D eigenvalue weighted by atomic mass is 9.98. The van der Waals surface area contributed by atoms with Crippen LogP contribution < -0.4 is 5.32 Å². The van der Waals surface area contributed by atoms with Crippen molar-refractivity contribution in [2.24, 2.45) is 5.92 Å². The monoisotopic (exact) mass is 166 g/mol. The van der Waals surface area contributed by atoms with Crippen LogP contribution >= 0.6 is 0 Å². The quantitative estimate of drug-likeness (QED) is 0.613. The van der Waals surface area contributed by atoms with E-state index in [9.17, 15) is 0 Å². The molecule has 1 N–H and O–H groups in total. The zero-order valence-electron chi connectivity index (χ0n) is 8.01. The molecular formula is C10H18N2. The number of nitrogens with zero attached hydrogens (tertiary/aromatic N) is 1. The molecule has 0 radical (unpaired) electrons. The van der Waals surface area contributed by atoms with Gasteiger partial charge in [0.25, 0.3) is 0 Å². The third-order valence-electron chi connectivity index (χ3n) is 1.93. The summed E-state index contributed by atoms with van der Waals surface area (Å²) in [6, 6.07) is 2.24. The Kier molecular flexibility index (Phi) is 6.41. The molecule has 2 atom stereocenters. The SMILES string of the molecule is C=CCNC(C#N)C(C)CCC. The Morgan fingerprint density at radius 1 is 1.67 bits per heavy atom. The van der Waals surface area contributed by atoms with Crippen molar-refractivity contribution in [1.29, 1.82) is 5.26 Å². The van der Waals surface area contributed by atoms with Gasteiger partial charge in [0.2, 0.25) is 0 Å². The van der Waals surface area contributed by atoms with Crippen LogP contribution in [0.1, 0.15) is 26.7 Å². The highest BCUT2D eigenvalue weighted by Crippen LogP contribution is 2.09. The van der Waals surface area contributed by atoms with Crippen molar-refractivity contribution in [3.63, 3.8) is 0 Å². The molecule has 0 fully saturated rings. The van der Waals surface area contributed by atoms with Crippen molar-refractivity contribution < 1.29 is 0 Å². The summed E-state index contributed by atoms with van der Waals surface area (Å²) in [5.41, 5.74) is 0. The average molecular weight is 166 g/mol. The second-order valence-corrected chi connectivity index (χ2v) is 3.07. The summed E-state index contributed by atoms with van der Waals surface area (Å²) in [5.74, 6) is 0.431. The summed E-state index contributed by atoms with van der Waals surface area (Å²) in [6.07, 6.45) is 4.01. The van der Waals surface area contributed by atoms with Crippen molar-refractivity contribution in [1.82, 2.24) is 5.32 Å². The van der Waals surface area contributed by atoms with Gasteiger partial charge in [-0.15, -0.1) is 6.58 Å². The van der Waals surface area contributed by atoms with Crippen molar-refractivity contribution in [2.75, 3.05) is 6.54 Å². The molecule has 0 saturated carbocycles. The normalized spacial score (nSPS) is 14.8. The Balaban J connectivity index is 3.80. The summed E-state index contributed by atoms with van der Waals surface area (Å²) in [7, 11) is 0. The molecular weight excluding hydrogens is 148 g/mol. The van der Waals surface area contributed by atoms with Crippen molar-refractivity contribution in [3.05, 3.63) is 12.7 Å². The molecule has 0 saturated heterocycles. The van der Waals surface area contributed by atoms with Gasteiger partial charge in [-0.2, -0.15) is 5.26 Å². The Labute approximate surface area is 75.3 Å². The van der Waals surface area contributed by atoms with Gasteiger partial charge < -0.3 is 0 Å². The van der Waals surface area contributed by atoms with Gasteiger partial charge >= 0.3 is 0 Å². The molecule has 0 aromatic carbocycles. The van der Waals surface area contributed by atoms with E-state index in [0.717, 1.165) is 12.8 Å². The lowest BCUT2D eigenvalue weighted by Crippen LogP contribution is -2.33. The van der Waals surface area contributed by atoms with Crippen LogP contribution in [0.15, 0.2) is 12.7 Å². The highest BCUT2D eigenvalue weighted by molar-refractivity contribution is 4.94. The minimum Gasteiger partial charge on any atom is -0.298 e. The molecule has 0 aromatic rings. The Hall–Kier alpha value is -0.810. The average Bonchev–Trinajstić information content (AvgIpc) is 2.06. The molecule has 0 spiro atoms. The smallest absolute Gasteiger partial charge is 0.0981 e. The third-order valence-corrected chi connectivity index (χ3v) is 1.93. The second-order valence-electron chi connectivity index (χ2n) is 3.07. The second kappa shape index (κ2) is 6.87. The first-order chi connectivity index (χ1) is 5.76. The van der Waals surface area contributed by atoms with Gasteiger partial charge in [-0.05, 0) is 12.3 Å². The Morgan fingerprint density at radius 2 is 2.33 bits per heavy atom. The number of nitriles is 1. The molecule has 2 nitrogen and oxygen atoms in total. The maximum absolute atomic E-state index is 8.80. The summed E-state index contributed by atoms with van der Waals surface area (Å²) >= 11 is 0. The third kappa shape index (κ3) is 4.15. The zero-order chi connectivity index (χ0) is 9.40. The van der Waals surface area contributed by atoms with Gasteiger partial charge in [0.15, 0.2) is 0 Å². The highest BCUT2D eigenvalue weighted by atomic mass is 14.9. The first-order valence-corrected chi connectivity index (χ1v) is 4.50. The molecule has 68 valence electrons. The maximum atomic E-state index is 8.80. The van der Waals surface area contributed by atoms with Crippen LogP contribution in [0.2, 0.25) is 0 Å². The van der Waals surface area contributed by atoms with Gasteiger partial charge in [0.1, 0.15) is 0 Å². The summed E-state index contributed by atoms with van der Waals surface area (Å²) in [5, 5.41) is 11.9. The van der Waals surface area contributed by atoms with Crippen molar-refractivity contribution in [3.8, 4) is 6.07 Å². The number of hydrogen-bond acceptors (Lipinski definition) is 2.